The number of esters is 1. The minimum absolute atomic E-state index is 0.394. The highest BCUT2D eigenvalue weighted by Gasteiger charge is 2.03. The molecule has 3 nitrogen and oxygen atoms in total. The van der Waals surface area contributed by atoms with Gasteiger partial charge in [-0.3, -0.25) is 0 Å². The Kier molecular flexibility index (Phi) is 3.22. The van der Waals surface area contributed by atoms with Crippen LogP contribution >= 0.6 is 11.3 Å². The molecule has 0 amide bonds. The van der Waals surface area contributed by atoms with Gasteiger partial charge in [0.2, 0.25) is 0 Å². The second kappa shape index (κ2) is 4.81. The number of hydrogen-bond donors (Lipinski definition) is 0. The van der Waals surface area contributed by atoms with Crippen molar-refractivity contribution < 1.29 is 13.9 Å². The summed E-state index contributed by atoms with van der Waals surface area (Å²) < 4.78 is 10.0. The van der Waals surface area contributed by atoms with Gasteiger partial charge in [0.15, 0.2) is 0 Å². The lowest BCUT2D eigenvalue weighted by molar-refractivity contribution is -0.134. The lowest BCUT2D eigenvalue weighted by atomic mass is 10.3. The summed E-state index contributed by atoms with van der Waals surface area (Å²) in [6, 6.07) is 7.64. The SMILES string of the molecule is COC(=O)C=Cc1ccc(-c2cccs2)o1. The molecule has 16 heavy (non-hydrogen) atoms. The number of ether oxygens (including phenoxy) is 1. The van der Waals surface area contributed by atoms with E-state index in [-0.39, 0.29) is 0 Å². The van der Waals surface area contributed by atoms with Crippen LogP contribution in [0, 0.1) is 0 Å². The molecule has 0 radical (unpaired) electrons. The summed E-state index contributed by atoms with van der Waals surface area (Å²) in [4.78, 5) is 11.9. The Labute approximate surface area is 97.0 Å². The van der Waals surface area contributed by atoms with Crippen LogP contribution < -0.4 is 0 Å². The van der Waals surface area contributed by atoms with Gasteiger partial charge in [0.1, 0.15) is 11.5 Å². The molecule has 2 aromatic rings. The van der Waals surface area contributed by atoms with Gasteiger partial charge in [0.25, 0.3) is 0 Å². The van der Waals surface area contributed by atoms with Crippen molar-refractivity contribution in [1.29, 1.82) is 0 Å². The van der Waals surface area contributed by atoms with Crippen molar-refractivity contribution in [1.82, 2.24) is 0 Å². The van der Waals surface area contributed by atoms with Gasteiger partial charge in [-0.25, -0.2) is 4.79 Å². The average Bonchev–Trinajstić information content (AvgIpc) is 2.95. The molecule has 82 valence electrons. The van der Waals surface area contributed by atoms with Gasteiger partial charge < -0.3 is 9.15 Å². The van der Waals surface area contributed by atoms with Crippen LogP contribution in [0.2, 0.25) is 0 Å². The first kappa shape index (κ1) is 10.7. The molecule has 2 aromatic heterocycles. The fourth-order valence-electron chi connectivity index (χ4n) is 1.21. The fraction of sp³-hybridized carbons (Fsp3) is 0.0833. The van der Waals surface area contributed by atoms with Crippen molar-refractivity contribution in [3.05, 3.63) is 41.5 Å². The van der Waals surface area contributed by atoms with E-state index in [0.717, 1.165) is 10.6 Å². The van der Waals surface area contributed by atoms with E-state index in [0.29, 0.717) is 5.76 Å². The summed E-state index contributed by atoms with van der Waals surface area (Å²) in [5, 5.41) is 1.99. The molecule has 0 aliphatic heterocycles. The molecule has 0 fully saturated rings. The summed E-state index contributed by atoms with van der Waals surface area (Å²) in [7, 11) is 1.34. The summed E-state index contributed by atoms with van der Waals surface area (Å²) in [5.41, 5.74) is 0. The molecule has 0 saturated heterocycles. The van der Waals surface area contributed by atoms with Crippen molar-refractivity contribution in [2.75, 3.05) is 7.11 Å². The molecule has 0 aliphatic rings. The molecule has 2 heterocycles. The first-order valence-electron chi connectivity index (χ1n) is 4.69. The number of methoxy groups -OCH3 is 1. The topological polar surface area (TPSA) is 39.4 Å². The predicted octanol–water partition coefficient (Wildman–Crippen LogP) is 3.19. The Morgan fingerprint density at radius 1 is 1.44 bits per heavy atom. The van der Waals surface area contributed by atoms with Gasteiger partial charge in [-0.15, -0.1) is 11.3 Å². The van der Waals surface area contributed by atoms with E-state index in [2.05, 4.69) is 4.74 Å². The first-order chi connectivity index (χ1) is 7.79. The maximum Gasteiger partial charge on any atom is 0.330 e. The average molecular weight is 234 g/mol. The maximum absolute atomic E-state index is 10.9. The van der Waals surface area contributed by atoms with Gasteiger partial charge >= 0.3 is 5.97 Å². The number of furan rings is 1. The van der Waals surface area contributed by atoms with Gasteiger partial charge in [0.05, 0.1) is 12.0 Å². The molecule has 0 unspecified atom stereocenters. The number of thiophene rings is 1. The Hall–Kier alpha value is -1.81. The lowest BCUT2D eigenvalue weighted by Crippen LogP contribution is -1.92. The van der Waals surface area contributed by atoms with E-state index < -0.39 is 5.97 Å². The fourth-order valence-corrected chi connectivity index (χ4v) is 1.90. The van der Waals surface area contributed by atoms with Crippen LogP contribution in [0.4, 0.5) is 0 Å². The molecule has 0 aromatic carbocycles. The highest BCUT2D eigenvalue weighted by molar-refractivity contribution is 7.13. The van der Waals surface area contributed by atoms with Crippen LogP contribution in [-0.2, 0) is 9.53 Å². The van der Waals surface area contributed by atoms with Crippen molar-refractivity contribution in [2.45, 2.75) is 0 Å². The highest BCUT2D eigenvalue weighted by atomic mass is 32.1. The van der Waals surface area contributed by atoms with Crippen LogP contribution in [0.5, 0.6) is 0 Å². The molecular formula is C12H10O3S. The Balaban J connectivity index is 2.14. The molecule has 0 aliphatic carbocycles. The predicted molar refractivity (Wildman–Crippen MR) is 63.1 cm³/mol. The molecule has 0 atom stereocenters. The number of carbonyl (C=O) groups is 1. The maximum atomic E-state index is 10.9. The minimum atomic E-state index is -0.394. The van der Waals surface area contributed by atoms with Gasteiger partial charge in [-0.2, -0.15) is 0 Å². The Morgan fingerprint density at radius 2 is 2.31 bits per heavy atom. The number of hydrogen-bond acceptors (Lipinski definition) is 4. The minimum Gasteiger partial charge on any atom is -0.466 e. The first-order valence-corrected chi connectivity index (χ1v) is 5.57. The lowest BCUT2D eigenvalue weighted by Gasteiger charge is -1.90. The van der Waals surface area contributed by atoms with Crippen LogP contribution in [0.25, 0.3) is 16.7 Å². The molecule has 2 rings (SSSR count). The third kappa shape index (κ3) is 2.41. The van der Waals surface area contributed by atoms with Crippen molar-refractivity contribution in [3.8, 4) is 10.6 Å². The van der Waals surface area contributed by atoms with Crippen molar-refractivity contribution >= 4 is 23.4 Å². The van der Waals surface area contributed by atoms with Crippen LogP contribution in [0.3, 0.4) is 0 Å². The zero-order chi connectivity index (χ0) is 11.4. The third-order valence-corrected chi connectivity index (χ3v) is 2.86. The molecule has 4 heteroatoms. The van der Waals surface area contributed by atoms with Gasteiger partial charge in [-0.05, 0) is 29.7 Å². The van der Waals surface area contributed by atoms with Crippen LogP contribution in [-0.4, -0.2) is 13.1 Å². The van der Waals surface area contributed by atoms with Crippen LogP contribution in [0.1, 0.15) is 5.76 Å². The zero-order valence-electron chi connectivity index (χ0n) is 8.67. The summed E-state index contributed by atoms with van der Waals surface area (Å²) >= 11 is 1.61. The van der Waals surface area contributed by atoms with Crippen molar-refractivity contribution in [2.24, 2.45) is 0 Å². The van der Waals surface area contributed by atoms with E-state index in [1.54, 1.807) is 17.4 Å². The molecule has 0 spiro atoms. The van der Waals surface area contributed by atoms with E-state index in [9.17, 15) is 4.79 Å². The highest BCUT2D eigenvalue weighted by Crippen LogP contribution is 2.26. The standard InChI is InChI=1S/C12H10O3S/c1-14-12(13)7-5-9-4-6-10(15-9)11-3-2-8-16-11/h2-8H,1H3. The molecule has 0 bridgehead atoms. The zero-order valence-corrected chi connectivity index (χ0v) is 9.49. The van der Waals surface area contributed by atoms with Crippen molar-refractivity contribution in [3.63, 3.8) is 0 Å². The van der Waals surface area contributed by atoms with E-state index >= 15 is 0 Å². The monoisotopic (exact) mass is 234 g/mol. The smallest absolute Gasteiger partial charge is 0.330 e. The second-order valence-electron chi connectivity index (χ2n) is 3.04. The Bertz CT molecular complexity index is 494. The summed E-state index contributed by atoms with van der Waals surface area (Å²) in [5.74, 6) is 1.04. The second-order valence-corrected chi connectivity index (χ2v) is 3.98. The van der Waals surface area contributed by atoms with E-state index in [4.69, 9.17) is 4.42 Å². The third-order valence-electron chi connectivity index (χ3n) is 1.98. The number of carbonyl (C=O) groups excluding carboxylic acids is 1. The quantitative estimate of drug-likeness (QED) is 0.604. The van der Waals surface area contributed by atoms with Gasteiger partial charge in [-0.1, -0.05) is 6.07 Å². The largest absolute Gasteiger partial charge is 0.466 e. The Morgan fingerprint density at radius 3 is 3.00 bits per heavy atom. The summed E-state index contributed by atoms with van der Waals surface area (Å²) in [6.07, 6.45) is 2.92. The van der Waals surface area contributed by atoms with E-state index in [1.807, 2.05) is 29.6 Å². The summed E-state index contributed by atoms with van der Waals surface area (Å²) in [6.45, 7) is 0. The molecular weight excluding hydrogens is 224 g/mol. The normalized spacial score (nSPS) is 10.8. The molecule has 0 saturated carbocycles. The van der Waals surface area contributed by atoms with E-state index in [1.165, 1.54) is 13.2 Å². The number of rotatable bonds is 3. The van der Waals surface area contributed by atoms with Crippen LogP contribution in [0.15, 0.2) is 40.1 Å². The molecule has 0 N–H and O–H groups in total. The van der Waals surface area contributed by atoms with Gasteiger partial charge in [0, 0.05) is 6.08 Å².